The molecular formula is C12H16N6S. The Labute approximate surface area is 115 Å². The Balaban J connectivity index is 1.82. The number of nitrogens with two attached hydrogens (primary N) is 1. The van der Waals surface area contributed by atoms with Crippen molar-refractivity contribution in [1.29, 1.82) is 0 Å². The molecule has 2 aromatic heterocycles. The summed E-state index contributed by atoms with van der Waals surface area (Å²) in [5.41, 5.74) is 6.78. The van der Waals surface area contributed by atoms with Crippen molar-refractivity contribution in [3.05, 3.63) is 5.01 Å². The topological polar surface area (TPSA) is 80.0 Å². The molecule has 1 saturated heterocycles. The number of aromatic nitrogens is 3. The van der Waals surface area contributed by atoms with E-state index in [-0.39, 0.29) is 0 Å². The number of thiazole rings is 1. The number of hydrogen-bond donors (Lipinski definition) is 2. The summed E-state index contributed by atoms with van der Waals surface area (Å²) in [6.07, 6.45) is 2.51. The monoisotopic (exact) mass is 276 g/mol. The number of hydrogen-bond acceptors (Lipinski definition) is 7. The average molecular weight is 276 g/mol. The van der Waals surface area contributed by atoms with Crippen molar-refractivity contribution in [2.24, 2.45) is 0 Å². The minimum atomic E-state index is 0.354. The Hall–Kier alpha value is -1.47. The first kappa shape index (κ1) is 11.4. The van der Waals surface area contributed by atoms with Gasteiger partial charge in [0.1, 0.15) is 5.52 Å². The second kappa shape index (κ2) is 4.28. The molecule has 6 nitrogen and oxygen atoms in total. The fourth-order valence-corrected chi connectivity index (χ4v) is 3.55. The van der Waals surface area contributed by atoms with Crippen molar-refractivity contribution in [3.63, 3.8) is 0 Å². The smallest absolute Gasteiger partial charge is 0.223 e. The van der Waals surface area contributed by atoms with E-state index in [4.69, 9.17) is 10.7 Å². The summed E-state index contributed by atoms with van der Waals surface area (Å²) in [7, 11) is 0. The Bertz CT molecular complexity index is 614. The molecule has 1 aliphatic carbocycles. The Morgan fingerprint density at radius 1 is 1.16 bits per heavy atom. The molecule has 100 valence electrons. The lowest BCUT2D eigenvalue weighted by Gasteiger charge is -2.28. The molecule has 19 heavy (non-hydrogen) atoms. The van der Waals surface area contributed by atoms with E-state index in [0.29, 0.717) is 11.9 Å². The van der Waals surface area contributed by atoms with Crippen LogP contribution in [0.3, 0.4) is 0 Å². The van der Waals surface area contributed by atoms with Crippen molar-refractivity contribution in [2.45, 2.75) is 18.8 Å². The number of rotatable bonds is 2. The number of anilines is 2. The molecule has 2 aliphatic rings. The van der Waals surface area contributed by atoms with Crippen LogP contribution in [0.25, 0.3) is 10.3 Å². The Morgan fingerprint density at radius 3 is 2.68 bits per heavy atom. The first-order valence-electron chi connectivity index (χ1n) is 6.71. The fraction of sp³-hybridized carbons (Fsp3) is 0.583. The van der Waals surface area contributed by atoms with Crippen molar-refractivity contribution in [1.82, 2.24) is 20.3 Å². The molecule has 2 fully saturated rings. The van der Waals surface area contributed by atoms with Crippen LogP contribution >= 0.6 is 11.3 Å². The molecule has 0 radical (unpaired) electrons. The molecule has 1 saturated carbocycles. The molecule has 0 atom stereocenters. The van der Waals surface area contributed by atoms with E-state index in [2.05, 4.69) is 20.2 Å². The number of nitrogen functional groups attached to an aromatic ring is 1. The highest BCUT2D eigenvalue weighted by Crippen LogP contribution is 2.43. The molecule has 0 amide bonds. The zero-order valence-corrected chi connectivity index (χ0v) is 11.4. The second-order valence-corrected chi connectivity index (χ2v) is 6.13. The first-order valence-corrected chi connectivity index (χ1v) is 7.52. The summed E-state index contributed by atoms with van der Waals surface area (Å²) in [5.74, 6) is 1.91. The Kier molecular flexibility index (Phi) is 2.56. The maximum absolute atomic E-state index is 5.85. The van der Waals surface area contributed by atoms with Crippen LogP contribution in [-0.2, 0) is 0 Å². The molecule has 7 heteroatoms. The van der Waals surface area contributed by atoms with Crippen LogP contribution in [0.4, 0.5) is 11.8 Å². The van der Waals surface area contributed by atoms with Crippen LogP contribution in [0.1, 0.15) is 23.8 Å². The summed E-state index contributed by atoms with van der Waals surface area (Å²) in [5, 5.41) is 4.55. The van der Waals surface area contributed by atoms with Gasteiger partial charge in [-0.1, -0.05) is 11.3 Å². The van der Waals surface area contributed by atoms with Crippen LogP contribution in [-0.4, -0.2) is 41.1 Å². The molecular weight excluding hydrogens is 260 g/mol. The van der Waals surface area contributed by atoms with Gasteiger partial charge in [0.2, 0.25) is 5.95 Å². The molecule has 3 N–H and O–H groups in total. The number of nitrogens with one attached hydrogen (secondary N) is 1. The lowest BCUT2D eigenvalue weighted by Crippen LogP contribution is -2.44. The van der Waals surface area contributed by atoms with E-state index < -0.39 is 0 Å². The van der Waals surface area contributed by atoms with Gasteiger partial charge in [0.25, 0.3) is 0 Å². The number of piperazine rings is 1. The third-order valence-corrected chi connectivity index (χ3v) is 4.73. The predicted molar refractivity (Wildman–Crippen MR) is 76.7 cm³/mol. The van der Waals surface area contributed by atoms with Crippen LogP contribution in [0.2, 0.25) is 0 Å². The molecule has 0 aromatic carbocycles. The van der Waals surface area contributed by atoms with Crippen LogP contribution < -0.4 is 16.0 Å². The van der Waals surface area contributed by atoms with Gasteiger partial charge >= 0.3 is 0 Å². The molecule has 0 unspecified atom stereocenters. The van der Waals surface area contributed by atoms with Crippen molar-refractivity contribution < 1.29 is 0 Å². The van der Waals surface area contributed by atoms with E-state index in [1.165, 1.54) is 17.8 Å². The summed E-state index contributed by atoms with van der Waals surface area (Å²) < 4.78 is 0. The van der Waals surface area contributed by atoms with E-state index in [0.717, 1.165) is 42.3 Å². The molecule has 1 aliphatic heterocycles. The molecule has 2 aromatic rings. The van der Waals surface area contributed by atoms with Crippen molar-refractivity contribution in [3.8, 4) is 0 Å². The largest absolute Gasteiger partial charge is 0.368 e. The van der Waals surface area contributed by atoms with Gasteiger partial charge in [-0.2, -0.15) is 4.98 Å². The van der Waals surface area contributed by atoms with Crippen molar-refractivity contribution in [2.75, 3.05) is 36.8 Å². The summed E-state index contributed by atoms with van der Waals surface area (Å²) in [6.45, 7) is 3.85. The zero-order valence-electron chi connectivity index (χ0n) is 10.6. The standard InChI is InChI=1S/C12H16N6S/c13-12-16-9(18-5-3-14-4-6-18)8-11(17-12)19-10(15-8)7-1-2-7/h7,14H,1-6H2,(H2,13,16,17). The van der Waals surface area contributed by atoms with Gasteiger partial charge in [0, 0.05) is 32.1 Å². The molecule has 0 bridgehead atoms. The predicted octanol–water partition coefficient (Wildman–Crippen LogP) is 0.955. The average Bonchev–Trinajstić information content (AvgIpc) is 3.19. The maximum Gasteiger partial charge on any atom is 0.223 e. The normalized spacial score (nSPS) is 20.1. The van der Waals surface area contributed by atoms with Crippen LogP contribution in [0.15, 0.2) is 0 Å². The number of nitrogens with zero attached hydrogens (tertiary/aromatic N) is 4. The highest BCUT2D eigenvalue weighted by Gasteiger charge is 2.29. The number of fused-ring (bicyclic) bond motifs is 1. The van der Waals surface area contributed by atoms with Gasteiger partial charge in [0.15, 0.2) is 10.6 Å². The van der Waals surface area contributed by atoms with Crippen molar-refractivity contribution >= 4 is 33.5 Å². The van der Waals surface area contributed by atoms with Gasteiger partial charge in [-0.3, -0.25) is 0 Å². The molecule has 3 heterocycles. The van der Waals surface area contributed by atoms with E-state index in [1.807, 2.05) is 0 Å². The van der Waals surface area contributed by atoms with E-state index in [9.17, 15) is 0 Å². The van der Waals surface area contributed by atoms with Gasteiger partial charge in [-0.15, -0.1) is 0 Å². The maximum atomic E-state index is 5.85. The fourth-order valence-electron chi connectivity index (χ4n) is 2.44. The lowest BCUT2D eigenvalue weighted by molar-refractivity contribution is 0.586. The highest BCUT2D eigenvalue weighted by molar-refractivity contribution is 7.18. The third kappa shape index (κ3) is 2.02. The quantitative estimate of drug-likeness (QED) is 0.850. The second-order valence-electron chi connectivity index (χ2n) is 5.12. The summed E-state index contributed by atoms with van der Waals surface area (Å²) in [4.78, 5) is 16.7. The van der Waals surface area contributed by atoms with E-state index in [1.54, 1.807) is 11.3 Å². The highest BCUT2D eigenvalue weighted by atomic mass is 32.1. The van der Waals surface area contributed by atoms with Gasteiger partial charge in [0.05, 0.1) is 5.01 Å². The van der Waals surface area contributed by atoms with E-state index >= 15 is 0 Å². The lowest BCUT2D eigenvalue weighted by atomic mass is 10.3. The SMILES string of the molecule is Nc1nc(N2CCNCC2)c2nc(C3CC3)sc2n1. The third-order valence-electron chi connectivity index (χ3n) is 3.62. The zero-order chi connectivity index (χ0) is 12.8. The van der Waals surface area contributed by atoms with Gasteiger partial charge < -0.3 is 16.0 Å². The van der Waals surface area contributed by atoms with Gasteiger partial charge in [-0.25, -0.2) is 9.97 Å². The minimum Gasteiger partial charge on any atom is -0.368 e. The summed E-state index contributed by atoms with van der Waals surface area (Å²) in [6, 6.07) is 0. The summed E-state index contributed by atoms with van der Waals surface area (Å²) >= 11 is 1.68. The first-order chi connectivity index (χ1) is 9.31. The van der Waals surface area contributed by atoms with Gasteiger partial charge in [-0.05, 0) is 12.8 Å². The van der Waals surface area contributed by atoms with Crippen LogP contribution in [0, 0.1) is 0 Å². The Morgan fingerprint density at radius 2 is 1.95 bits per heavy atom. The minimum absolute atomic E-state index is 0.354. The molecule has 4 rings (SSSR count). The van der Waals surface area contributed by atoms with Crippen LogP contribution in [0.5, 0.6) is 0 Å². The molecule has 0 spiro atoms.